The molecule has 1 unspecified atom stereocenters. The van der Waals surface area contributed by atoms with Gasteiger partial charge in [-0.25, -0.2) is 0 Å². The van der Waals surface area contributed by atoms with E-state index in [1.165, 1.54) is 16.7 Å². The summed E-state index contributed by atoms with van der Waals surface area (Å²) in [4.78, 5) is 0. The lowest BCUT2D eigenvalue weighted by atomic mass is 9.81. The van der Waals surface area contributed by atoms with Crippen molar-refractivity contribution >= 4 is 0 Å². The van der Waals surface area contributed by atoms with Gasteiger partial charge in [-0.05, 0) is 35.4 Å². The second kappa shape index (κ2) is 6.41. The molecule has 1 aromatic heterocycles. The number of nitrogens with zero attached hydrogens (tertiary/aromatic N) is 2. The van der Waals surface area contributed by atoms with Crippen LogP contribution >= 0.6 is 0 Å². The third-order valence-corrected chi connectivity index (χ3v) is 3.80. The molecular formula is C17H26N4. The van der Waals surface area contributed by atoms with Crippen LogP contribution in [-0.2, 0) is 18.4 Å². The van der Waals surface area contributed by atoms with Gasteiger partial charge in [-0.15, -0.1) is 0 Å². The van der Waals surface area contributed by atoms with E-state index in [4.69, 9.17) is 5.84 Å². The minimum atomic E-state index is 0.0925. The Hall–Kier alpha value is -1.65. The van der Waals surface area contributed by atoms with E-state index < -0.39 is 0 Å². The van der Waals surface area contributed by atoms with Gasteiger partial charge in [0.05, 0.1) is 12.2 Å². The first-order valence-electron chi connectivity index (χ1n) is 7.52. The van der Waals surface area contributed by atoms with Crippen molar-refractivity contribution in [3.63, 3.8) is 0 Å². The number of nitrogens with two attached hydrogens (primary N) is 1. The van der Waals surface area contributed by atoms with E-state index in [1.54, 1.807) is 0 Å². The minimum Gasteiger partial charge on any atom is -0.273 e. The molecule has 0 spiro atoms. The Morgan fingerprint density at radius 2 is 2.00 bits per heavy atom. The Morgan fingerprint density at radius 3 is 2.57 bits per heavy atom. The predicted octanol–water partition coefficient (Wildman–Crippen LogP) is 2.95. The van der Waals surface area contributed by atoms with Crippen LogP contribution in [-0.4, -0.2) is 9.78 Å². The third kappa shape index (κ3) is 3.71. The van der Waals surface area contributed by atoms with E-state index in [-0.39, 0.29) is 11.5 Å². The highest BCUT2D eigenvalue weighted by Crippen LogP contribution is 2.30. The second-order valence-corrected chi connectivity index (χ2v) is 6.46. The molecule has 0 radical (unpaired) electrons. The molecule has 4 nitrogen and oxygen atoms in total. The zero-order valence-electron chi connectivity index (χ0n) is 13.4. The van der Waals surface area contributed by atoms with Crippen molar-refractivity contribution in [2.75, 3.05) is 0 Å². The molecule has 4 heteroatoms. The number of hydrogen-bond donors (Lipinski definition) is 2. The molecule has 114 valence electrons. The Morgan fingerprint density at radius 1 is 1.29 bits per heavy atom. The van der Waals surface area contributed by atoms with Crippen molar-refractivity contribution in [2.24, 2.45) is 5.84 Å². The van der Waals surface area contributed by atoms with E-state index in [0.717, 1.165) is 13.0 Å². The van der Waals surface area contributed by atoms with Gasteiger partial charge in [-0.2, -0.15) is 5.10 Å². The minimum absolute atomic E-state index is 0.0925. The summed E-state index contributed by atoms with van der Waals surface area (Å²) < 4.78 is 1.94. The van der Waals surface area contributed by atoms with Crippen molar-refractivity contribution in [1.82, 2.24) is 15.2 Å². The molecule has 2 aromatic rings. The highest BCUT2D eigenvalue weighted by Gasteiger charge is 2.22. The molecule has 2 rings (SSSR count). The van der Waals surface area contributed by atoms with Gasteiger partial charge in [0.1, 0.15) is 0 Å². The molecule has 21 heavy (non-hydrogen) atoms. The van der Waals surface area contributed by atoms with Crippen molar-refractivity contribution in [3.8, 4) is 0 Å². The highest BCUT2D eigenvalue weighted by atomic mass is 15.3. The highest BCUT2D eigenvalue weighted by molar-refractivity contribution is 5.36. The van der Waals surface area contributed by atoms with Crippen LogP contribution in [0.4, 0.5) is 0 Å². The maximum Gasteiger partial charge on any atom is 0.0522 e. The summed E-state index contributed by atoms with van der Waals surface area (Å²) in [6.45, 7) is 9.67. The first kappa shape index (κ1) is 15.7. The number of benzene rings is 1. The number of hydrazine groups is 1. The zero-order chi connectivity index (χ0) is 15.5. The molecule has 0 fully saturated rings. The number of nitrogens with one attached hydrogen (secondary N) is 1. The number of aryl methyl sites for hydroxylation is 1. The second-order valence-electron chi connectivity index (χ2n) is 6.46. The molecule has 0 aliphatic carbocycles. The van der Waals surface area contributed by atoms with Crippen LogP contribution in [0.5, 0.6) is 0 Å². The lowest BCUT2D eigenvalue weighted by Crippen LogP contribution is -2.31. The van der Waals surface area contributed by atoms with Crippen LogP contribution in [0, 0.1) is 0 Å². The average molecular weight is 286 g/mol. The van der Waals surface area contributed by atoms with Gasteiger partial charge in [-0.1, -0.05) is 45.0 Å². The summed E-state index contributed by atoms with van der Waals surface area (Å²) in [6.07, 6.45) is 4.85. The number of aromatic nitrogens is 2. The quantitative estimate of drug-likeness (QED) is 0.656. The third-order valence-electron chi connectivity index (χ3n) is 3.80. The molecular weight excluding hydrogens is 260 g/mol. The van der Waals surface area contributed by atoms with Crippen molar-refractivity contribution < 1.29 is 0 Å². The Labute approximate surface area is 127 Å². The normalized spacial score (nSPS) is 13.4. The van der Waals surface area contributed by atoms with E-state index in [0.29, 0.717) is 0 Å². The molecule has 0 amide bonds. The lowest BCUT2D eigenvalue weighted by molar-refractivity contribution is 0.518. The van der Waals surface area contributed by atoms with Crippen LogP contribution in [0.15, 0.2) is 36.7 Å². The average Bonchev–Trinajstić information content (AvgIpc) is 2.91. The first-order valence-corrected chi connectivity index (χ1v) is 7.52. The molecule has 1 atom stereocenters. The summed E-state index contributed by atoms with van der Waals surface area (Å²) >= 11 is 0. The fourth-order valence-corrected chi connectivity index (χ4v) is 2.66. The van der Waals surface area contributed by atoms with Crippen molar-refractivity contribution in [1.29, 1.82) is 0 Å². The van der Waals surface area contributed by atoms with Gasteiger partial charge in [0.2, 0.25) is 0 Å². The summed E-state index contributed by atoms with van der Waals surface area (Å²) in [5.74, 6) is 5.83. The molecule has 0 bridgehead atoms. The van der Waals surface area contributed by atoms with Crippen LogP contribution in [0.3, 0.4) is 0 Å². The summed E-state index contributed by atoms with van der Waals surface area (Å²) in [7, 11) is 0. The fourth-order valence-electron chi connectivity index (χ4n) is 2.66. The molecule has 0 saturated carbocycles. The lowest BCUT2D eigenvalue weighted by Gasteiger charge is -2.27. The van der Waals surface area contributed by atoms with E-state index in [1.807, 2.05) is 10.9 Å². The van der Waals surface area contributed by atoms with Crippen molar-refractivity contribution in [2.45, 2.75) is 52.1 Å². The van der Waals surface area contributed by atoms with Crippen LogP contribution in [0.2, 0.25) is 0 Å². The Bertz CT molecular complexity index is 580. The van der Waals surface area contributed by atoms with E-state index in [2.05, 4.69) is 68.7 Å². The van der Waals surface area contributed by atoms with Gasteiger partial charge in [-0.3, -0.25) is 16.0 Å². The first-order chi connectivity index (χ1) is 9.95. The maximum absolute atomic E-state index is 5.83. The Kier molecular flexibility index (Phi) is 4.80. The summed E-state index contributed by atoms with van der Waals surface area (Å²) in [6, 6.07) is 8.61. The standard InChI is InChI=1S/C17H26N4/c1-5-21-12-13(11-19-21)10-16(20-18)14-8-6-7-9-15(14)17(2,3)4/h6-9,11-12,16,20H,5,10,18H2,1-4H3. The van der Waals surface area contributed by atoms with Crippen LogP contribution < -0.4 is 11.3 Å². The SMILES string of the molecule is CCn1cc(CC(NN)c2ccccc2C(C)(C)C)cn1. The topological polar surface area (TPSA) is 55.9 Å². The van der Waals surface area contributed by atoms with Gasteiger partial charge < -0.3 is 0 Å². The van der Waals surface area contributed by atoms with Gasteiger partial charge in [0.15, 0.2) is 0 Å². The molecule has 1 aromatic carbocycles. The summed E-state index contributed by atoms with van der Waals surface area (Å²) in [5, 5.41) is 4.33. The summed E-state index contributed by atoms with van der Waals surface area (Å²) in [5.41, 5.74) is 6.85. The van der Waals surface area contributed by atoms with Crippen LogP contribution in [0.25, 0.3) is 0 Å². The molecule has 1 heterocycles. The molecule has 0 aliphatic rings. The smallest absolute Gasteiger partial charge is 0.0522 e. The maximum atomic E-state index is 5.83. The molecule has 3 N–H and O–H groups in total. The van der Waals surface area contributed by atoms with Gasteiger partial charge in [0, 0.05) is 12.7 Å². The van der Waals surface area contributed by atoms with Crippen molar-refractivity contribution in [3.05, 3.63) is 53.3 Å². The predicted molar refractivity (Wildman–Crippen MR) is 86.8 cm³/mol. The monoisotopic (exact) mass is 286 g/mol. The van der Waals surface area contributed by atoms with E-state index in [9.17, 15) is 0 Å². The number of rotatable bonds is 5. The van der Waals surface area contributed by atoms with Gasteiger partial charge in [0.25, 0.3) is 0 Å². The largest absolute Gasteiger partial charge is 0.273 e. The molecule has 0 saturated heterocycles. The zero-order valence-corrected chi connectivity index (χ0v) is 13.4. The van der Waals surface area contributed by atoms with E-state index >= 15 is 0 Å². The van der Waals surface area contributed by atoms with Crippen LogP contribution in [0.1, 0.15) is 50.4 Å². The number of hydrogen-bond acceptors (Lipinski definition) is 3. The molecule has 0 aliphatic heterocycles. The fraction of sp³-hybridized carbons (Fsp3) is 0.471. The van der Waals surface area contributed by atoms with Gasteiger partial charge >= 0.3 is 0 Å². The Balaban J connectivity index is 2.29.